The lowest BCUT2D eigenvalue weighted by molar-refractivity contribution is 0.220. The van der Waals surface area contributed by atoms with E-state index in [0.29, 0.717) is 11.5 Å². The van der Waals surface area contributed by atoms with Gasteiger partial charge in [-0.15, -0.1) is 0 Å². The summed E-state index contributed by atoms with van der Waals surface area (Å²) in [4.78, 5) is 4.56. The number of aryl methyl sites for hydroxylation is 1. The summed E-state index contributed by atoms with van der Waals surface area (Å²) in [5.41, 5.74) is 3.04. The molecule has 1 aliphatic rings. The first-order valence-electron chi connectivity index (χ1n) is 7.29. The molecular formula is C16H26N2. The van der Waals surface area contributed by atoms with Crippen molar-refractivity contribution in [1.29, 1.82) is 0 Å². The Morgan fingerprint density at radius 2 is 2.11 bits per heavy atom. The molecule has 1 aliphatic carbocycles. The monoisotopic (exact) mass is 246 g/mol. The standard InChI is InChI=1S/C16H26N2/c1-4-17-15(16(3)9-5-6-10-16)12-14-13(2)8-7-11-18-14/h7-8,11,15,17H,4-6,9-10,12H2,1-3H3. The topological polar surface area (TPSA) is 24.9 Å². The Morgan fingerprint density at radius 1 is 1.39 bits per heavy atom. The summed E-state index contributed by atoms with van der Waals surface area (Å²) in [5, 5.41) is 3.70. The van der Waals surface area contributed by atoms with E-state index in [0.717, 1.165) is 13.0 Å². The zero-order valence-corrected chi connectivity index (χ0v) is 12.0. The number of nitrogens with zero attached hydrogens (tertiary/aromatic N) is 1. The molecule has 2 rings (SSSR count). The minimum atomic E-state index is 0.458. The highest BCUT2D eigenvalue weighted by atomic mass is 14.9. The van der Waals surface area contributed by atoms with Crippen molar-refractivity contribution in [3.8, 4) is 0 Å². The highest BCUT2D eigenvalue weighted by Crippen LogP contribution is 2.41. The van der Waals surface area contributed by atoms with Crippen molar-refractivity contribution in [1.82, 2.24) is 10.3 Å². The van der Waals surface area contributed by atoms with Crippen molar-refractivity contribution in [3.63, 3.8) is 0 Å². The van der Waals surface area contributed by atoms with Crippen LogP contribution in [0.5, 0.6) is 0 Å². The van der Waals surface area contributed by atoms with Gasteiger partial charge in [0.2, 0.25) is 0 Å². The van der Waals surface area contributed by atoms with Crippen LogP contribution in [0.4, 0.5) is 0 Å². The van der Waals surface area contributed by atoms with E-state index in [4.69, 9.17) is 0 Å². The van der Waals surface area contributed by atoms with E-state index < -0.39 is 0 Å². The van der Waals surface area contributed by atoms with Gasteiger partial charge in [-0.05, 0) is 43.4 Å². The maximum atomic E-state index is 4.56. The first-order chi connectivity index (χ1) is 8.65. The molecule has 1 aromatic heterocycles. The zero-order valence-electron chi connectivity index (χ0n) is 12.0. The molecule has 1 atom stereocenters. The second-order valence-corrected chi connectivity index (χ2v) is 5.94. The van der Waals surface area contributed by atoms with Crippen molar-refractivity contribution >= 4 is 0 Å². The maximum absolute atomic E-state index is 4.56. The molecular weight excluding hydrogens is 220 g/mol. The fourth-order valence-electron chi connectivity index (χ4n) is 3.27. The van der Waals surface area contributed by atoms with Crippen molar-refractivity contribution in [3.05, 3.63) is 29.6 Å². The van der Waals surface area contributed by atoms with E-state index in [-0.39, 0.29) is 0 Å². The van der Waals surface area contributed by atoms with Gasteiger partial charge in [-0.25, -0.2) is 0 Å². The Morgan fingerprint density at radius 3 is 2.72 bits per heavy atom. The Balaban J connectivity index is 2.13. The number of rotatable bonds is 5. The quantitative estimate of drug-likeness (QED) is 0.860. The molecule has 1 unspecified atom stereocenters. The van der Waals surface area contributed by atoms with Crippen molar-refractivity contribution in [2.75, 3.05) is 6.54 Å². The third-order valence-corrected chi connectivity index (χ3v) is 4.55. The molecule has 0 radical (unpaired) electrons. The van der Waals surface area contributed by atoms with Gasteiger partial charge in [0.05, 0.1) is 0 Å². The van der Waals surface area contributed by atoms with Gasteiger partial charge in [0, 0.05) is 24.4 Å². The SMILES string of the molecule is CCNC(Cc1ncccc1C)C1(C)CCCC1. The van der Waals surface area contributed by atoms with Crippen LogP contribution < -0.4 is 5.32 Å². The summed E-state index contributed by atoms with van der Waals surface area (Å²) in [7, 11) is 0. The van der Waals surface area contributed by atoms with Crippen LogP contribution in [0, 0.1) is 12.3 Å². The van der Waals surface area contributed by atoms with Crippen molar-refractivity contribution in [2.24, 2.45) is 5.41 Å². The molecule has 1 saturated carbocycles. The fourth-order valence-corrected chi connectivity index (χ4v) is 3.27. The Labute approximate surface area is 111 Å². The first kappa shape index (κ1) is 13.5. The highest BCUT2D eigenvalue weighted by Gasteiger charge is 2.36. The fraction of sp³-hybridized carbons (Fsp3) is 0.688. The van der Waals surface area contributed by atoms with E-state index in [9.17, 15) is 0 Å². The van der Waals surface area contributed by atoms with E-state index in [1.54, 1.807) is 0 Å². The minimum absolute atomic E-state index is 0.458. The third kappa shape index (κ3) is 2.92. The molecule has 18 heavy (non-hydrogen) atoms. The van der Waals surface area contributed by atoms with Crippen LogP contribution in [0.25, 0.3) is 0 Å². The van der Waals surface area contributed by atoms with Gasteiger partial charge >= 0.3 is 0 Å². The van der Waals surface area contributed by atoms with Gasteiger partial charge in [0.25, 0.3) is 0 Å². The largest absolute Gasteiger partial charge is 0.313 e. The summed E-state index contributed by atoms with van der Waals surface area (Å²) in [6.45, 7) is 7.87. The van der Waals surface area contributed by atoms with Gasteiger partial charge in [-0.3, -0.25) is 4.98 Å². The summed E-state index contributed by atoms with van der Waals surface area (Å²) in [6.07, 6.45) is 8.48. The molecule has 1 aromatic rings. The third-order valence-electron chi connectivity index (χ3n) is 4.55. The summed E-state index contributed by atoms with van der Waals surface area (Å²) < 4.78 is 0. The molecule has 0 aliphatic heterocycles. The number of aromatic nitrogens is 1. The van der Waals surface area contributed by atoms with Gasteiger partial charge in [-0.2, -0.15) is 0 Å². The second kappa shape index (κ2) is 5.83. The van der Waals surface area contributed by atoms with Gasteiger partial charge in [-0.1, -0.05) is 32.8 Å². The number of hydrogen-bond donors (Lipinski definition) is 1. The molecule has 1 N–H and O–H groups in total. The molecule has 0 bridgehead atoms. The van der Waals surface area contributed by atoms with Crippen LogP contribution in [0.2, 0.25) is 0 Å². The van der Waals surface area contributed by atoms with E-state index in [1.165, 1.54) is 36.9 Å². The molecule has 2 nitrogen and oxygen atoms in total. The highest BCUT2D eigenvalue weighted by molar-refractivity contribution is 5.19. The number of pyridine rings is 1. The maximum Gasteiger partial charge on any atom is 0.0448 e. The normalized spacial score (nSPS) is 19.9. The number of likely N-dealkylation sites (N-methyl/N-ethyl adjacent to an activating group) is 1. The van der Waals surface area contributed by atoms with Crippen LogP contribution in [0.3, 0.4) is 0 Å². The molecule has 0 saturated heterocycles. The Kier molecular flexibility index (Phi) is 4.39. The molecule has 1 fully saturated rings. The average molecular weight is 246 g/mol. The van der Waals surface area contributed by atoms with Crippen LogP contribution in [-0.2, 0) is 6.42 Å². The lowest BCUT2D eigenvalue weighted by atomic mass is 9.78. The lowest BCUT2D eigenvalue weighted by Gasteiger charge is -2.35. The Hall–Kier alpha value is -0.890. The molecule has 0 spiro atoms. The lowest BCUT2D eigenvalue weighted by Crippen LogP contribution is -2.44. The molecule has 2 heteroatoms. The minimum Gasteiger partial charge on any atom is -0.313 e. The number of nitrogens with one attached hydrogen (secondary N) is 1. The van der Waals surface area contributed by atoms with Gasteiger partial charge in [0.15, 0.2) is 0 Å². The van der Waals surface area contributed by atoms with E-state index in [2.05, 4.69) is 37.1 Å². The molecule has 0 aromatic carbocycles. The predicted octanol–water partition coefficient (Wildman–Crippen LogP) is 3.49. The summed E-state index contributed by atoms with van der Waals surface area (Å²) in [5.74, 6) is 0. The first-order valence-corrected chi connectivity index (χ1v) is 7.29. The van der Waals surface area contributed by atoms with Crippen LogP contribution in [0.1, 0.15) is 50.8 Å². The van der Waals surface area contributed by atoms with Crippen molar-refractivity contribution < 1.29 is 0 Å². The van der Waals surface area contributed by atoms with Crippen LogP contribution >= 0.6 is 0 Å². The zero-order chi connectivity index (χ0) is 13.0. The Bertz CT molecular complexity index is 380. The predicted molar refractivity (Wildman–Crippen MR) is 76.7 cm³/mol. The average Bonchev–Trinajstić information content (AvgIpc) is 2.79. The van der Waals surface area contributed by atoms with Gasteiger partial charge in [0.1, 0.15) is 0 Å². The second-order valence-electron chi connectivity index (χ2n) is 5.94. The van der Waals surface area contributed by atoms with E-state index >= 15 is 0 Å². The molecule has 1 heterocycles. The van der Waals surface area contributed by atoms with E-state index in [1.807, 2.05) is 12.3 Å². The number of hydrogen-bond acceptors (Lipinski definition) is 2. The van der Waals surface area contributed by atoms with Crippen LogP contribution in [-0.4, -0.2) is 17.6 Å². The van der Waals surface area contributed by atoms with Gasteiger partial charge < -0.3 is 5.32 Å². The van der Waals surface area contributed by atoms with Crippen molar-refractivity contribution in [2.45, 2.75) is 58.9 Å². The van der Waals surface area contributed by atoms with Crippen LogP contribution in [0.15, 0.2) is 18.3 Å². The summed E-state index contributed by atoms with van der Waals surface area (Å²) in [6, 6.07) is 4.76. The molecule has 100 valence electrons. The molecule has 0 amide bonds. The summed E-state index contributed by atoms with van der Waals surface area (Å²) >= 11 is 0. The smallest absolute Gasteiger partial charge is 0.0448 e.